The zero-order valence-electron chi connectivity index (χ0n) is 10.8. The van der Waals surface area contributed by atoms with Crippen molar-refractivity contribution in [1.29, 1.82) is 0 Å². The predicted octanol–water partition coefficient (Wildman–Crippen LogP) is 0.113. The number of hydrogen-bond donors (Lipinski definition) is 2. The van der Waals surface area contributed by atoms with E-state index in [2.05, 4.69) is 10.6 Å². The summed E-state index contributed by atoms with van der Waals surface area (Å²) in [6.45, 7) is 3.72. The van der Waals surface area contributed by atoms with Crippen molar-refractivity contribution in [3.63, 3.8) is 0 Å². The second kappa shape index (κ2) is 7.27. The van der Waals surface area contributed by atoms with Gasteiger partial charge in [0.15, 0.2) is 0 Å². The number of rotatable bonds is 5. The number of likely N-dealkylation sites (N-methyl/N-ethyl adjacent to an activating group) is 1. The third kappa shape index (κ3) is 4.34. The first-order chi connectivity index (χ1) is 8.19. The molecule has 1 saturated heterocycles. The molecular weight excluding hydrogens is 218 g/mol. The second-order valence-electron chi connectivity index (χ2n) is 4.44. The summed E-state index contributed by atoms with van der Waals surface area (Å²) in [5, 5.41) is 5.78. The molecule has 5 heteroatoms. The molecule has 2 amide bonds. The number of amides is 2. The Morgan fingerprint density at radius 3 is 2.71 bits per heavy atom. The van der Waals surface area contributed by atoms with Gasteiger partial charge in [-0.3, -0.25) is 9.59 Å². The fraction of sp³-hybridized carbons (Fsp3) is 0.833. The van der Waals surface area contributed by atoms with Crippen LogP contribution in [-0.2, 0) is 9.59 Å². The summed E-state index contributed by atoms with van der Waals surface area (Å²) in [5.41, 5.74) is 0. The fourth-order valence-electron chi connectivity index (χ4n) is 2.07. The average Bonchev–Trinajstić information content (AvgIpc) is 2.38. The molecule has 1 heterocycles. The van der Waals surface area contributed by atoms with Crippen molar-refractivity contribution in [3.8, 4) is 0 Å². The molecule has 1 rings (SSSR count). The third-order valence-corrected chi connectivity index (χ3v) is 3.03. The summed E-state index contributed by atoms with van der Waals surface area (Å²) in [6, 6.07) is -0.0973. The molecule has 0 saturated carbocycles. The van der Waals surface area contributed by atoms with Crippen molar-refractivity contribution in [3.05, 3.63) is 0 Å². The Labute approximate surface area is 103 Å². The summed E-state index contributed by atoms with van der Waals surface area (Å²) in [6.07, 6.45) is 3.97. The Bertz CT molecular complexity index is 262. The third-order valence-electron chi connectivity index (χ3n) is 3.03. The molecule has 1 unspecified atom stereocenters. The molecule has 2 N–H and O–H groups in total. The zero-order chi connectivity index (χ0) is 12.7. The Morgan fingerprint density at radius 2 is 2.18 bits per heavy atom. The number of hydrogen-bond acceptors (Lipinski definition) is 3. The van der Waals surface area contributed by atoms with Crippen molar-refractivity contribution in [2.24, 2.45) is 0 Å². The van der Waals surface area contributed by atoms with Crippen LogP contribution < -0.4 is 10.6 Å². The molecule has 98 valence electrons. The molecule has 0 aliphatic carbocycles. The van der Waals surface area contributed by atoms with E-state index in [4.69, 9.17) is 0 Å². The van der Waals surface area contributed by atoms with Gasteiger partial charge in [-0.15, -0.1) is 0 Å². The smallest absolute Gasteiger partial charge is 0.240 e. The normalized spacial score (nSPS) is 19.8. The number of piperidine rings is 1. The van der Waals surface area contributed by atoms with Gasteiger partial charge in [-0.05, 0) is 25.8 Å². The topological polar surface area (TPSA) is 61.4 Å². The number of nitrogens with zero attached hydrogens (tertiary/aromatic N) is 1. The largest absolute Gasteiger partial charge is 0.358 e. The maximum absolute atomic E-state index is 12.2. The van der Waals surface area contributed by atoms with Gasteiger partial charge >= 0.3 is 0 Å². The van der Waals surface area contributed by atoms with Gasteiger partial charge in [0.1, 0.15) is 0 Å². The molecule has 1 aliphatic heterocycles. The second-order valence-corrected chi connectivity index (χ2v) is 4.44. The molecule has 1 atom stereocenters. The van der Waals surface area contributed by atoms with Gasteiger partial charge in [0.05, 0.1) is 12.6 Å². The minimum atomic E-state index is -0.109. The van der Waals surface area contributed by atoms with Crippen molar-refractivity contribution in [1.82, 2.24) is 15.5 Å². The predicted molar refractivity (Wildman–Crippen MR) is 66.6 cm³/mol. The first-order valence-electron chi connectivity index (χ1n) is 6.41. The summed E-state index contributed by atoms with van der Waals surface area (Å²) in [5.74, 6) is -0.0437. The van der Waals surface area contributed by atoms with E-state index in [1.165, 1.54) is 0 Å². The van der Waals surface area contributed by atoms with Crippen molar-refractivity contribution in [2.75, 3.05) is 26.7 Å². The number of nitrogens with one attached hydrogen (secondary N) is 2. The minimum Gasteiger partial charge on any atom is -0.358 e. The lowest BCUT2D eigenvalue weighted by Gasteiger charge is -2.29. The Balaban J connectivity index is 2.55. The van der Waals surface area contributed by atoms with E-state index < -0.39 is 0 Å². The molecule has 0 bridgehead atoms. The molecular formula is C12H23N3O2. The van der Waals surface area contributed by atoms with Gasteiger partial charge in [0, 0.05) is 13.6 Å². The molecule has 1 fully saturated rings. The molecule has 1 aliphatic rings. The van der Waals surface area contributed by atoms with Crippen LogP contribution in [0.1, 0.15) is 32.6 Å². The van der Waals surface area contributed by atoms with Gasteiger partial charge < -0.3 is 15.5 Å². The first-order valence-corrected chi connectivity index (χ1v) is 6.41. The minimum absolute atomic E-state index is 0.0650. The van der Waals surface area contributed by atoms with Gasteiger partial charge in [-0.2, -0.15) is 0 Å². The lowest BCUT2D eigenvalue weighted by molar-refractivity contribution is -0.138. The highest BCUT2D eigenvalue weighted by Gasteiger charge is 2.26. The van der Waals surface area contributed by atoms with E-state index >= 15 is 0 Å². The summed E-state index contributed by atoms with van der Waals surface area (Å²) in [7, 11) is 1.59. The first kappa shape index (κ1) is 14.0. The molecule has 0 radical (unpaired) electrons. The molecule has 17 heavy (non-hydrogen) atoms. The van der Waals surface area contributed by atoms with Crippen LogP contribution in [0.3, 0.4) is 0 Å². The van der Waals surface area contributed by atoms with Crippen LogP contribution in [0.4, 0.5) is 0 Å². The Morgan fingerprint density at radius 1 is 1.41 bits per heavy atom. The summed E-state index contributed by atoms with van der Waals surface area (Å²) in [4.78, 5) is 25.2. The lowest BCUT2D eigenvalue weighted by atomic mass is 10.0. The number of carbonyl (C=O) groups excluding carboxylic acids is 2. The van der Waals surface area contributed by atoms with Crippen molar-refractivity contribution < 1.29 is 9.59 Å². The van der Waals surface area contributed by atoms with Crippen LogP contribution in [-0.4, -0.2) is 49.4 Å². The van der Waals surface area contributed by atoms with E-state index in [0.717, 1.165) is 32.2 Å². The summed E-state index contributed by atoms with van der Waals surface area (Å²) >= 11 is 0. The SMILES string of the molecule is CCCN(CC(=O)NC)C(=O)C1CCCCN1. The van der Waals surface area contributed by atoms with Crippen LogP contribution >= 0.6 is 0 Å². The Kier molecular flexibility index (Phi) is 5.97. The molecule has 0 aromatic heterocycles. The van der Waals surface area contributed by atoms with E-state index in [9.17, 15) is 9.59 Å². The zero-order valence-corrected chi connectivity index (χ0v) is 10.8. The van der Waals surface area contributed by atoms with Crippen LogP contribution in [0.15, 0.2) is 0 Å². The summed E-state index contributed by atoms with van der Waals surface area (Å²) < 4.78 is 0. The fourth-order valence-corrected chi connectivity index (χ4v) is 2.07. The lowest BCUT2D eigenvalue weighted by Crippen LogP contribution is -2.51. The van der Waals surface area contributed by atoms with Crippen LogP contribution in [0.25, 0.3) is 0 Å². The van der Waals surface area contributed by atoms with E-state index in [1.807, 2.05) is 6.92 Å². The maximum Gasteiger partial charge on any atom is 0.240 e. The molecule has 0 spiro atoms. The molecule has 5 nitrogen and oxygen atoms in total. The molecule has 0 aromatic rings. The maximum atomic E-state index is 12.2. The monoisotopic (exact) mass is 241 g/mol. The number of carbonyl (C=O) groups is 2. The van der Waals surface area contributed by atoms with Crippen molar-refractivity contribution in [2.45, 2.75) is 38.6 Å². The van der Waals surface area contributed by atoms with Crippen LogP contribution in [0, 0.1) is 0 Å². The molecule has 0 aromatic carbocycles. The van der Waals surface area contributed by atoms with Gasteiger partial charge in [0.2, 0.25) is 11.8 Å². The van der Waals surface area contributed by atoms with Gasteiger partial charge in [-0.25, -0.2) is 0 Å². The highest BCUT2D eigenvalue weighted by atomic mass is 16.2. The van der Waals surface area contributed by atoms with E-state index in [-0.39, 0.29) is 24.4 Å². The van der Waals surface area contributed by atoms with E-state index in [0.29, 0.717) is 6.54 Å². The highest BCUT2D eigenvalue weighted by molar-refractivity contribution is 5.87. The van der Waals surface area contributed by atoms with Gasteiger partial charge in [-0.1, -0.05) is 13.3 Å². The van der Waals surface area contributed by atoms with E-state index in [1.54, 1.807) is 11.9 Å². The standard InChI is InChI=1S/C12H23N3O2/c1-3-8-15(9-11(16)13-2)12(17)10-6-4-5-7-14-10/h10,14H,3-9H2,1-2H3,(H,13,16). The highest BCUT2D eigenvalue weighted by Crippen LogP contribution is 2.10. The Hall–Kier alpha value is -1.10. The average molecular weight is 241 g/mol. The van der Waals surface area contributed by atoms with Crippen LogP contribution in [0.5, 0.6) is 0 Å². The quantitative estimate of drug-likeness (QED) is 0.718. The van der Waals surface area contributed by atoms with Crippen LogP contribution in [0.2, 0.25) is 0 Å². The van der Waals surface area contributed by atoms with Crippen molar-refractivity contribution >= 4 is 11.8 Å². The van der Waals surface area contributed by atoms with Gasteiger partial charge in [0.25, 0.3) is 0 Å².